The molecule has 1 heterocycles. The molecule has 1 atom stereocenters. The first-order valence-corrected chi connectivity index (χ1v) is 9.73. The van der Waals surface area contributed by atoms with Crippen molar-refractivity contribution in [2.45, 2.75) is 62.9 Å². The van der Waals surface area contributed by atoms with Crippen molar-refractivity contribution < 1.29 is 13.6 Å². The number of carbonyl (C=O) groups excluding carboxylic acids is 1. The van der Waals surface area contributed by atoms with Crippen molar-refractivity contribution in [3.8, 4) is 0 Å². The minimum atomic E-state index is -0.783. The summed E-state index contributed by atoms with van der Waals surface area (Å²) < 4.78 is 29.7. The van der Waals surface area contributed by atoms with Crippen LogP contribution in [0.2, 0.25) is 0 Å². The van der Waals surface area contributed by atoms with Gasteiger partial charge in [-0.15, -0.1) is 0 Å². The number of anilines is 1. The van der Waals surface area contributed by atoms with Crippen LogP contribution in [0.25, 0.3) is 0 Å². The van der Waals surface area contributed by atoms with Gasteiger partial charge in [-0.25, -0.2) is 13.8 Å². The maximum absolute atomic E-state index is 13.7. The Kier molecular flexibility index (Phi) is 5.65. The van der Waals surface area contributed by atoms with Crippen LogP contribution in [0.15, 0.2) is 23.4 Å². The Morgan fingerprint density at radius 3 is 2.50 bits per heavy atom. The number of aryl methyl sites for hydroxylation is 1. The van der Waals surface area contributed by atoms with Crippen LogP contribution in [0.3, 0.4) is 0 Å². The van der Waals surface area contributed by atoms with Crippen molar-refractivity contribution >= 4 is 23.4 Å². The van der Waals surface area contributed by atoms with Crippen LogP contribution in [-0.2, 0) is 4.79 Å². The molecule has 1 fully saturated rings. The standard InChI is InChI=1S/C19H23F2N3OS/c1-11-12(2)24(14-7-4-5-8-14)19(22-11)26-13(3)18(25)23-17-15(20)9-6-10-16(17)21/h6,9-10,13-14H,4-5,7-8H2,1-3H3,(H,23,25). The summed E-state index contributed by atoms with van der Waals surface area (Å²) in [5.74, 6) is -2.01. The van der Waals surface area contributed by atoms with Gasteiger partial charge in [0, 0.05) is 11.7 Å². The van der Waals surface area contributed by atoms with Gasteiger partial charge in [0.2, 0.25) is 5.91 Å². The highest BCUT2D eigenvalue weighted by atomic mass is 32.2. The first kappa shape index (κ1) is 18.9. The third-order valence-corrected chi connectivity index (χ3v) is 5.97. The van der Waals surface area contributed by atoms with Crippen molar-refractivity contribution in [2.24, 2.45) is 0 Å². The molecule has 0 aliphatic heterocycles. The van der Waals surface area contributed by atoms with E-state index in [1.54, 1.807) is 6.92 Å². The molecule has 1 saturated carbocycles. The molecule has 4 nitrogen and oxygen atoms in total. The van der Waals surface area contributed by atoms with Crippen LogP contribution in [0.5, 0.6) is 0 Å². The average Bonchev–Trinajstić information content (AvgIpc) is 3.20. The van der Waals surface area contributed by atoms with E-state index in [0.29, 0.717) is 6.04 Å². The number of imidazole rings is 1. The van der Waals surface area contributed by atoms with Gasteiger partial charge in [-0.2, -0.15) is 0 Å². The maximum Gasteiger partial charge on any atom is 0.237 e. The number of aromatic nitrogens is 2. The number of nitrogens with one attached hydrogen (secondary N) is 1. The fourth-order valence-corrected chi connectivity index (χ4v) is 4.40. The molecular weight excluding hydrogens is 356 g/mol. The molecule has 1 aromatic carbocycles. The summed E-state index contributed by atoms with van der Waals surface area (Å²) in [5, 5.41) is 2.63. The number of carbonyl (C=O) groups is 1. The lowest BCUT2D eigenvalue weighted by atomic mass is 10.2. The summed E-state index contributed by atoms with van der Waals surface area (Å²) in [6.07, 6.45) is 4.64. The molecule has 0 spiro atoms. The van der Waals surface area contributed by atoms with Crippen molar-refractivity contribution in [1.82, 2.24) is 9.55 Å². The summed E-state index contributed by atoms with van der Waals surface area (Å²) in [6.45, 7) is 5.73. The zero-order chi connectivity index (χ0) is 18.8. The SMILES string of the molecule is Cc1nc(SC(C)C(=O)Nc2c(F)cccc2F)n(C2CCCC2)c1C. The molecule has 3 rings (SSSR count). The van der Waals surface area contributed by atoms with Gasteiger partial charge in [0.15, 0.2) is 5.16 Å². The van der Waals surface area contributed by atoms with E-state index in [0.717, 1.165) is 41.5 Å². The number of hydrogen-bond acceptors (Lipinski definition) is 3. The van der Waals surface area contributed by atoms with E-state index in [1.165, 1.54) is 30.7 Å². The monoisotopic (exact) mass is 379 g/mol. The van der Waals surface area contributed by atoms with E-state index < -0.39 is 28.5 Å². The minimum absolute atomic E-state index is 0.406. The first-order valence-electron chi connectivity index (χ1n) is 8.85. The summed E-state index contributed by atoms with van der Waals surface area (Å²) in [6, 6.07) is 3.92. The Bertz CT molecular complexity index is 795. The molecule has 2 aromatic rings. The summed E-state index contributed by atoms with van der Waals surface area (Å²) in [7, 11) is 0. The quantitative estimate of drug-likeness (QED) is 0.743. The molecular formula is C19H23F2N3OS. The number of halogens is 2. The second kappa shape index (κ2) is 7.78. The summed E-state index contributed by atoms with van der Waals surface area (Å²) in [4.78, 5) is 17.1. The van der Waals surface area contributed by atoms with E-state index in [-0.39, 0.29) is 0 Å². The van der Waals surface area contributed by atoms with Crippen molar-refractivity contribution in [1.29, 1.82) is 0 Å². The average molecular weight is 379 g/mol. The molecule has 0 bridgehead atoms. The fourth-order valence-electron chi connectivity index (χ4n) is 3.33. The maximum atomic E-state index is 13.7. The van der Waals surface area contributed by atoms with Gasteiger partial charge in [-0.05, 0) is 45.7 Å². The van der Waals surface area contributed by atoms with Gasteiger partial charge in [-0.1, -0.05) is 30.7 Å². The second-order valence-corrected chi connectivity index (χ2v) is 8.03. The highest BCUT2D eigenvalue weighted by molar-refractivity contribution is 8.00. The van der Waals surface area contributed by atoms with E-state index in [9.17, 15) is 13.6 Å². The molecule has 1 aliphatic carbocycles. The number of para-hydroxylation sites is 1. The zero-order valence-corrected chi connectivity index (χ0v) is 16.0. The van der Waals surface area contributed by atoms with Crippen LogP contribution < -0.4 is 5.32 Å². The van der Waals surface area contributed by atoms with E-state index in [4.69, 9.17) is 0 Å². The summed E-state index contributed by atoms with van der Waals surface area (Å²) >= 11 is 1.33. The van der Waals surface area contributed by atoms with Crippen LogP contribution in [0, 0.1) is 25.5 Å². The summed E-state index contributed by atoms with van der Waals surface area (Å²) in [5.41, 5.74) is 1.66. The van der Waals surface area contributed by atoms with Gasteiger partial charge >= 0.3 is 0 Å². The Morgan fingerprint density at radius 1 is 1.27 bits per heavy atom. The number of hydrogen-bond donors (Lipinski definition) is 1. The molecule has 1 unspecified atom stereocenters. The lowest BCUT2D eigenvalue weighted by Gasteiger charge is -2.19. The van der Waals surface area contributed by atoms with E-state index in [1.807, 2.05) is 13.8 Å². The number of nitrogens with zero attached hydrogens (tertiary/aromatic N) is 2. The fraction of sp³-hybridized carbons (Fsp3) is 0.474. The van der Waals surface area contributed by atoms with Crippen molar-refractivity contribution in [3.05, 3.63) is 41.2 Å². The van der Waals surface area contributed by atoms with Gasteiger partial charge < -0.3 is 9.88 Å². The minimum Gasteiger partial charge on any atom is -0.320 e. The number of thioether (sulfide) groups is 1. The zero-order valence-electron chi connectivity index (χ0n) is 15.2. The lowest BCUT2D eigenvalue weighted by molar-refractivity contribution is -0.115. The topological polar surface area (TPSA) is 46.9 Å². The Morgan fingerprint density at radius 2 is 1.88 bits per heavy atom. The first-order chi connectivity index (χ1) is 12.4. The molecule has 7 heteroatoms. The van der Waals surface area contributed by atoms with Crippen molar-refractivity contribution in [2.75, 3.05) is 5.32 Å². The van der Waals surface area contributed by atoms with E-state index in [2.05, 4.69) is 14.9 Å². The number of rotatable bonds is 5. The normalized spacial score (nSPS) is 16.0. The molecule has 0 saturated heterocycles. The smallest absolute Gasteiger partial charge is 0.237 e. The lowest BCUT2D eigenvalue weighted by Crippen LogP contribution is -2.24. The van der Waals surface area contributed by atoms with Crippen molar-refractivity contribution in [3.63, 3.8) is 0 Å². The van der Waals surface area contributed by atoms with Gasteiger partial charge in [0.05, 0.1) is 10.9 Å². The molecule has 26 heavy (non-hydrogen) atoms. The predicted octanol–water partition coefficient (Wildman–Crippen LogP) is 5.01. The second-order valence-electron chi connectivity index (χ2n) is 6.72. The van der Waals surface area contributed by atoms with Gasteiger partial charge in [-0.3, -0.25) is 4.79 Å². The molecule has 140 valence electrons. The molecule has 1 aliphatic rings. The van der Waals surface area contributed by atoms with Crippen LogP contribution in [0.1, 0.15) is 50.0 Å². The molecule has 1 N–H and O–H groups in total. The largest absolute Gasteiger partial charge is 0.320 e. The highest BCUT2D eigenvalue weighted by Crippen LogP contribution is 2.36. The van der Waals surface area contributed by atoms with Crippen LogP contribution in [0.4, 0.5) is 14.5 Å². The Labute approximate surface area is 156 Å². The third kappa shape index (κ3) is 3.77. The third-order valence-electron chi connectivity index (χ3n) is 4.91. The molecule has 0 radical (unpaired) electrons. The van der Waals surface area contributed by atoms with Crippen LogP contribution >= 0.6 is 11.8 Å². The van der Waals surface area contributed by atoms with Crippen LogP contribution in [-0.4, -0.2) is 20.7 Å². The van der Waals surface area contributed by atoms with E-state index >= 15 is 0 Å². The Balaban J connectivity index is 1.76. The van der Waals surface area contributed by atoms with Gasteiger partial charge in [0.1, 0.15) is 17.3 Å². The number of amides is 1. The predicted molar refractivity (Wildman–Crippen MR) is 99.5 cm³/mol. The Hall–Kier alpha value is -1.89. The molecule has 1 aromatic heterocycles. The van der Waals surface area contributed by atoms with Gasteiger partial charge in [0.25, 0.3) is 0 Å². The number of benzene rings is 1. The molecule has 1 amide bonds. The highest BCUT2D eigenvalue weighted by Gasteiger charge is 2.26.